The number of nitrogens with zero attached hydrogens (tertiary/aromatic N) is 1. The summed E-state index contributed by atoms with van der Waals surface area (Å²) in [7, 11) is 1.61. The number of aromatic carboxylic acids is 1. The highest BCUT2D eigenvalue weighted by molar-refractivity contribution is 5.89. The number of rotatable bonds is 5. The molecule has 0 saturated carbocycles. The van der Waals surface area contributed by atoms with Gasteiger partial charge < -0.3 is 20.9 Å². The molecule has 6 heteroatoms. The van der Waals surface area contributed by atoms with Crippen molar-refractivity contribution in [1.82, 2.24) is 4.98 Å². The van der Waals surface area contributed by atoms with Gasteiger partial charge in [-0.05, 0) is 13.0 Å². The molecule has 1 rings (SSSR count). The van der Waals surface area contributed by atoms with E-state index in [2.05, 4.69) is 10.3 Å². The number of nitrogen functional groups attached to an aromatic ring is 1. The number of carboxylic acid groups (broad SMARTS) is 1. The Morgan fingerprint density at radius 1 is 1.75 bits per heavy atom. The highest BCUT2D eigenvalue weighted by Crippen LogP contribution is 2.16. The van der Waals surface area contributed by atoms with Crippen LogP contribution in [-0.2, 0) is 4.74 Å². The molecule has 1 aromatic rings. The molecule has 0 radical (unpaired) electrons. The number of nitrogens with one attached hydrogen (secondary N) is 1. The second-order valence-electron chi connectivity index (χ2n) is 3.39. The van der Waals surface area contributed by atoms with Crippen molar-refractivity contribution in [2.75, 3.05) is 24.7 Å². The van der Waals surface area contributed by atoms with E-state index in [4.69, 9.17) is 15.6 Å². The summed E-state index contributed by atoms with van der Waals surface area (Å²) in [5, 5.41) is 11.7. The molecule has 0 fully saturated rings. The summed E-state index contributed by atoms with van der Waals surface area (Å²) in [6, 6.07) is 1.37. The van der Waals surface area contributed by atoms with Crippen LogP contribution in [-0.4, -0.2) is 35.8 Å². The number of hydrogen-bond acceptors (Lipinski definition) is 5. The van der Waals surface area contributed by atoms with Crippen LogP contribution < -0.4 is 11.1 Å². The fraction of sp³-hybridized carbons (Fsp3) is 0.400. The Balaban J connectivity index is 2.72. The number of methoxy groups -OCH3 is 1. The standard InChI is InChI=1S/C10H15N3O3/c1-6(16-2)4-12-9-8(11)3-7(5-13-9)10(14)15/h3,5-6H,4,11H2,1-2H3,(H,12,13)(H,14,15). The summed E-state index contributed by atoms with van der Waals surface area (Å²) < 4.78 is 5.05. The maximum Gasteiger partial charge on any atom is 0.337 e. The van der Waals surface area contributed by atoms with E-state index in [1.54, 1.807) is 7.11 Å². The fourth-order valence-electron chi connectivity index (χ4n) is 1.07. The molecule has 1 aromatic heterocycles. The summed E-state index contributed by atoms with van der Waals surface area (Å²) >= 11 is 0. The quantitative estimate of drug-likeness (QED) is 0.686. The first-order chi connectivity index (χ1) is 7.54. The molecule has 1 atom stereocenters. The van der Waals surface area contributed by atoms with Gasteiger partial charge in [0, 0.05) is 19.9 Å². The van der Waals surface area contributed by atoms with Crippen LogP contribution in [0.5, 0.6) is 0 Å². The Bertz CT molecular complexity index is 382. The van der Waals surface area contributed by atoms with Crippen molar-refractivity contribution >= 4 is 17.5 Å². The minimum absolute atomic E-state index is 0.0281. The first kappa shape index (κ1) is 12.3. The molecule has 0 saturated heterocycles. The van der Waals surface area contributed by atoms with Crippen molar-refractivity contribution in [1.29, 1.82) is 0 Å². The first-order valence-electron chi connectivity index (χ1n) is 4.80. The highest BCUT2D eigenvalue weighted by atomic mass is 16.5. The zero-order valence-electron chi connectivity index (χ0n) is 9.23. The van der Waals surface area contributed by atoms with Gasteiger partial charge in [0.05, 0.1) is 17.4 Å². The van der Waals surface area contributed by atoms with Crippen LogP contribution in [0.1, 0.15) is 17.3 Å². The zero-order chi connectivity index (χ0) is 12.1. The van der Waals surface area contributed by atoms with Gasteiger partial charge in [0.1, 0.15) is 5.82 Å². The van der Waals surface area contributed by atoms with Gasteiger partial charge in [0.25, 0.3) is 0 Å². The average Bonchev–Trinajstić information content (AvgIpc) is 2.26. The predicted molar refractivity (Wildman–Crippen MR) is 60.6 cm³/mol. The van der Waals surface area contributed by atoms with Crippen LogP contribution in [0.25, 0.3) is 0 Å². The Hall–Kier alpha value is -1.82. The van der Waals surface area contributed by atoms with E-state index < -0.39 is 5.97 Å². The summed E-state index contributed by atoms with van der Waals surface area (Å²) in [4.78, 5) is 14.6. The Kier molecular flexibility index (Phi) is 4.07. The second kappa shape index (κ2) is 5.32. The molecule has 88 valence electrons. The van der Waals surface area contributed by atoms with E-state index in [-0.39, 0.29) is 11.7 Å². The van der Waals surface area contributed by atoms with Crippen LogP contribution in [0, 0.1) is 0 Å². The van der Waals surface area contributed by atoms with Gasteiger partial charge in [0.15, 0.2) is 0 Å². The molecule has 0 bridgehead atoms. The van der Waals surface area contributed by atoms with Crippen LogP contribution >= 0.6 is 0 Å². The van der Waals surface area contributed by atoms with Gasteiger partial charge in [-0.1, -0.05) is 0 Å². The highest BCUT2D eigenvalue weighted by Gasteiger charge is 2.08. The third kappa shape index (κ3) is 3.09. The molecule has 6 nitrogen and oxygen atoms in total. The predicted octanol–water partition coefficient (Wildman–Crippen LogP) is 0.809. The number of carbonyl (C=O) groups is 1. The number of nitrogens with two attached hydrogens (primary N) is 1. The molecule has 0 aliphatic rings. The average molecular weight is 225 g/mol. The fourth-order valence-corrected chi connectivity index (χ4v) is 1.07. The lowest BCUT2D eigenvalue weighted by atomic mass is 10.2. The lowest BCUT2D eigenvalue weighted by Gasteiger charge is -2.12. The molecule has 1 heterocycles. The molecular formula is C10H15N3O3. The Morgan fingerprint density at radius 2 is 2.44 bits per heavy atom. The smallest absolute Gasteiger partial charge is 0.337 e. The van der Waals surface area contributed by atoms with Gasteiger partial charge in [-0.15, -0.1) is 0 Å². The molecule has 16 heavy (non-hydrogen) atoms. The number of carboxylic acids is 1. The van der Waals surface area contributed by atoms with Crippen molar-refractivity contribution in [2.45, 2.75) is 13.0 Å². The largest absolute Gasteiger partial charge is 0.478 e. The number of anilines is 2. The van der Waals surface area contributed by atoms with Gasteiger partial charge >= 0.3 is 5.97 Å². The van der Waals surface area contributed by atoms with Crippen LogP contribution in [0.15, 0.2) is 12.3 Å². The van der Waals surface area contributed by atoms with Crippen molar-refractivity contribution in [3.05, 3.63) is 17.8 Å². The summed E-state index contributed by atoms with van der Waals surface area (Å²) in [5.41, 5.74) is 6.04. The topological polar surface area (TPSA) is 97.5 Å². The van der Waals surface area contributed by atoms with E-state index in [9.17, 15) is 4.79 Å². The third-order valence-electron chi connectivity index (χ3n) is 2.12. The van der Waals surface area contributed by atoms with E-state index in [1.165, 1.54) is 12.3 Å². The van der Waals surface area contributed by atoms with Crippen molar-refractivity contribution in [2.24, 2.45) is 0 Å². The Labute approximate surface area is 93.4 Å². The maximum absolute atomic E-state index is 10.6. The van der Waals surface area contributed by atoms with Crippen LogP contribution in [0.4, 0.5) is 11.5 Å². The number of aromatic nitrogens is 1. The monoisotopic (exact) mass is 225 g/mol. The van der Waals surface area contributed by atoms with Gasteiger partial charge in [-0.25, -0.2) is 9.78 Å². The summed E-state index contributed by atoms with van der Waals surface area (Å²) in [5.74, 6) is -0.579. The van der Waals surface area contributed by atoms with Gasteiger partial charge in [-0.3, -0.25) is 0 Å². The number of ether oxygens (including phenoxy) is 1. The van der Waals surface area contributed by atoms with Crippen molar-refractivity contribution in [3.63, 3.8) is 0 Å². The van der Waals surface area contributed by atoms with Gasteiger partial charge in [-0.2, -0.15) is 0 Å². The molecule has 1 unspecified atom stereocenters. The molecule has 0 aromatic carbocycles. The van der Waals surface area contributed by atoms with Crippen LogP contribution in [0.2, 0.25) is 0 Å². The lowest BCUT2D eigenvalue weighted by Crippen LogP contribution is -2.19. The Morgan fingerprint density at radius 3 is 2.94 bits per heavy atom. The molecular weight excluding hydrogens is 210 g/mol. The SMILES string of the molecule is COC(C)CNc1ncc(C(=O)O)cc1N. The van der Waals surface area contributed by atoms with Crippen LogP contribution in [0.3, 0.4) is 0 Å². The summed E-state index contributed by atoms with van der Waals surface area (Å²) in [6.45, 7) is 2.45. The second-order valence-corrected chi connectivity index (χ2v) is 3.39. The first-order valence-corrected chi connectivity index (χ1v) is 4.80. The molecule has 0 aliphatic heterocycles. The van der Waals surface area contributed by atoms with E-state index in [0.29, 0.717) is 18.1 Å². The molecule has 0 spiro atoms. The normalized spacial score (nSPS) is 12.1. The number of hydrogen-bond donors (Lipinski definition) is 3. The maximum atomic E-state index is 10.6. The third-order valence-corrected chi connectivity index (χ3v) is 2.12. The van der Waals surface area contributed by atoms with Gasteiger partial charge in [0.2, 0.25) is 0 Å². The molecule has 0 aliphatic carbocycles. The number of pyridine rings is 1. The molecule has 4 N–H and O–H groups in total. The minimum atomic E-state index is -1.05. The minimum Gasteiger partial charge on any atom is -0.478 e. The molecule has 0 amide bonds. The lowest BCUT2D eigenvalue weighted by molar-refractivity contribution is 0.0696. The van der Waals surface area contributed by atoms with Crippen molar-refractivity contribution in [3.8, 4) is 0 Å². The summed E-state index contributed by atoms with van der Waals surface area (Å²) in [6.07, 6.45) is 1.29. The zero-order valence-corrected chi connectivity index (χ0v) is 9.23. The van der Waals surface area contributed by atoms with E-state index >= 15 is 0 Å². The van der Waals surface area contributed by atoms with E-state index in [0.717, 1.165) is 0 Å². The van der Waals surface area contributed by atoms with Crippen molar-refractivity contribution < 1.29 is 14.6 Å². The van der Waals surface area contributed by atoms with E-state index in [1.807, 2.05) is 6.92 Å².